The van der Waals surface area contributed by atoms with Crippen LogP contribution in [0.25, 0.3) is 0 Å². The summed E-state index contributed by atoms with van der Waals surface area (Å²) < 4.78 is 5.73. The first-order valence-corrected chi connectivity index (χ1v) is 10.6. The van der Waals surface area contributed by atoms with E-state index in [-0.39, 0.29) is 17.2 Å². The van der Waals surface area contributed by atoms with Gasteiger partial charge < -0.3 is 15.0 Å². The highest BCUT2D eigenvalue weighted by Gasteiger charge is 2.55. The van der Waals surface area contributed by atoms with Crippen molar-refractivity contribution >= 4 is 11.8 Å². The highest BCUT2D eigenvalue weighted by Crippen LogP contribution is 2.59. The quantitative estimate of drug-likeness (QED) is 0.802. The van der Waals surface area contributed by atoms with E-state index in [9.17, 15) is 9.59 Å². The van der Waals surface area contributed by atoms with Crippen LogP contribution < -0.4 is 10.1 Å². The number of pyridine rings is 1. The maximum Gasteiger partial charge on any atom is 0.261 e. The Labute approximate surface area is 175 Å². The van der Waals surface area contributed by atoms with E-state index in [1.807, 2.05) is 24.8 Å². The van der Waals surface area contributed by atoms with Gasteiger partial charge in [0.05, 0.1) is 17.5 Å². The lowest BCUT2D eigenvalue weighted by Gasteiger charge is -2.33. The summed E-state index contributed by atoms with van der Waals surface area (Å²) in [5, 5.41) is 10.1. The molecule has 30 heavy (non-hydrogen) atoms. The van der Waals surface area contributed by atoms with Gasteiger partial charge in [-0.25, -0.2) is 0 Å². The fourth-order valence-corrected chi connectivity index (χ4v) is 5.07. The van der Waals surface area contributed by atoms with Crippen molar-refractivity contribution in [3.63, 3.8) is 0 Å². The van der Waals surface area contributed by atoms with Crippen LogP contribution in [0.3, 0.4) is 0 Å². The second kappa shape index (κ2) is 7.11. The number of amides is 2. The maximum absolute atomic E-state index is 12.9. The van der Waals surface area contributed by atoms with Gasteiger partial charge in [-0.3, -0.25) is 19.7 Å². The van der Waals surface area contributed by atoms with Gasteiger partial charge in [0.15, 0.2) is 6.10 Å². The summed E-state index contributed by atoms with van der Waals surface area (Å²) in [6.07, 6.45) is 6.64. The number of nitrogens with zero attached hydrogens (tertiary/aromatic N) is 3. The molecule has 2 aliphatic heterocycles. The molecule has 3 aliphatic rings. The van der Waals surface area contributed by atoms with Gasteiger partial charge in [-0.15, -0.1) is 0 Å². The molecule has 4 heterocycles. The van der Waals surface area contributed by atoms with Crippen LogP contribution in [-0.2, 0) is 11.2 Å². The topological polar surface area (TPSA) is 100 Å². The molecule has 8 nitrogen and oxygen atoms in total. The van der Waals surface area contributed by atoms with Crippen LogP contribution in [0.1, 0.15) is 46.6 Å². The molecule has 5 rings (SSSR count). The van der Waals surface area contributed by atoms with Gasteiger partial charge >= 0.3 is 0 Å². The molecule has 2 atom stereocenters. The third-order valence-corrected chi connectivity index (χ3v) is 7.11. The van der Waals surface area contributed by atoms with Crippen molar-refractivity contribution in [2.45, 2.75) is 45.6 Å². The number of aromatic amines is 1. The van der Waals surface area contributed by atoms with Crippen molar-refractivity contribution in [1.82, 2.24) is 25.4 Å². The summed E-state index contributed by atoms with van der Waals surface area (Å²) >= 11 is 0. The summed E-state index contributed by atoms with van der Waals surface area (Å²) in [4.78, 5) is 31.4. The Morgan fingerprint density at radius 1 is 1.33 bits per heavy atom. The largest absolute Gasteiger partial charge is 0.478 e. The molecule has 8 heteroatoms. The zero-order chi connectivity index (χ0) is 20.9. The van der Waals surface area contributed by atoms with Crippen LogP contribution in [0, 0.1) is 25.2 Å². The number of hydrogen-bond donors (Lipinski definition) is 2. The number of likely N-dealkylation sites (tertiary alicyclic amines) is 1. The minimum absolute atomic E-state index is 0.0493. The number of carbonyl (C=O) groups is 2. The van der Waals surface area contributed by atoms with Gasteiger partial charge in [-0.05, 0) is 50.5 Å². The van der Waals surface area contributed by atoms with E-state index in [4.69, 9.17) is 4.74 Å². The fraction of sp³-hybridized carbons (Fsp3) is 0.545. The minimum atomic E-state index is -0.459. The summed E-state index contributed by atoms with van der Waals surface area (Å²) in [6, 6.07) is 1.90. The number of H-pyrrole nitrogens is 1. The van der Waals surface area contributed by atoms with E-state index in [1.54, 1.807) is 12.4 Å². The third kappa shape index (κ3) is 3.24. The normalized spacial score (nSPS) is 23.7. The fourth-order valence-electron chi connectivity index (χ4n) is 5.07. The Morgan fingerprint density at radius 2 is 2.13 bits per heavy atom. The Kier molecular flexibility index (Phi) is 4.52. The van der Waals surface area contributed by atoms with Crippen LogP contribution in [-0.4, -0.2) is 57.6 Å². The predicted octanol–water partition coefficient (Wildman–Crippen LogP) is 1.78. The zero-order valence-corrected chi connectivity index (χ0v) is 17.4. The average Bonchev–Trinajstić information content (AvgIpc) is 3.08. The number of hydrogen-bond acceptors (Lipinski definition) is 5. The second-order valence-corrected chi connectivity index (χ2v) is 8.90. The molecule has 2 aromatic heterocycles. The molecule has 0 bridgehead atoms. The van der Waals surface area contributed by atoms with E-state index < -0.39 is 6.10 Å². The standard InChI is InChI=1S/C22H27N5O3/c1-13-19(14(2)26-25-13)21(29)27-7-4-22(5-8-27)10-16(22)11-24-20(28)17-9-15-3-6-23-12-18(15)30-17/h3,6,12,16-17H,4-5,7-11H2,1-2H3,(H,24,28)(H,25,26). The molecule has 2 unspecified atom stereocenters. The summed E-state index contributed by atoms with van der Waals surface area (Å²) in [5.74, 6) is 1.22. The Hall–Kier alpha value is -2.90. The van der Waals surface area contributed by atoms with Crippen molar-refractivity contribution in [1.29, 1.82) is 0 Å². The van der Waals surface area contributed by atoms with Crippen molar-refractivity contribution < 1.29 is 14.3 Å². The van der Waals surface area contributed by atoms with Gasteiger partial charge in [-0.2, -0.15) is 5.10 Å². The average molecular weight is 409 g/mol. The highest BCUT2D eigenvalue weighted by atomic mass is 16.5. The lowest BCUT2D eigenvalue weighted by atomic mass is 9.90. The van der Waals surface area contributed by atoms with E-state index in [2.05, 4.69) is 20.5 Å². The van der Waals surface area contributed by atoms with E-state index in [0.717, 1.165) is 49.3 Å². The molecule has 158 valence electrons. The lowest BCUT2D eigenvalue weighted by molar-refractivity contribution is -0.127. The molecule has 2 fully saturated rings. The van der Waals surface area contributed by atoms with E-state index in [1.165, 1.54) is 0 Å². The molecule has 2 amide bonds. The van der Waals surface area contributed by atoms with Gasteiger partial charge in [0.2, 0.25) is 0 Å². The maximum atomic E-state index is 12.9. The molecule has 2 aromatic rings. The Morgan fingerprint density at radius 3 is 2.83 bits per heavy atom. The first-order chi connectivity index (χ1) is 14.5. The molecular weight excluding hydrogens is 382 g/mol. The number of fused-ring (bicyclic) bond motifs is 1. The highest BCUT2D eigenvalue weighted by molar-refractivity contribution is 5.96. The molecule has 2 N–H and O–H groups in total. The molecular formula is C22H27N5O3. The van der Waals surface area contributed by atoms with Crippen LogP contribution in [0.5, 0.6) is 5.75 Å². The van der Waals surface area contributed by atoms with Crippen LogP contribution >= 0.6 is 0 Å². The van der Waals surface area contributed by atoms with Gasteiger partial charge in [0, 0.05) is 43.5 Å². The van der Waals surface area contributed by atoms with Crippen molar-refractivity contribution in [3.05, 3.63) is 41.0 Å². The first-order valence-electron chi connectivity index (χ1n) is 10.6. The number of aryl methyl sites for hydroxylation is 2. The van der Waals surface area contributed by atoms with E-state index >= 15 is 0 Å². The van der Waals surface area contributed by atoms with Crippen molar-refractivity contribution in [2.24, 2.45) is 11.3 Å². The molecule has 0 radical (unpaired) electrons. The Bertz CT molecular complexity index is 948. The van der Waals surface area contributed by atoms with Crippen molar-refractivity contribution in [3.8, 4) is 5.75 Å². The van der Waals surface area contributed by atoms with Crippen LogP contribution in [0.15, 0.2) is 18.5 Å². The monoisotopic (exact) mass is 409 g/mol. The lowest BCUT2D eigenvalue weighted by Crippen LogP contribution is -2.41. The third-order valence-electron chi connectivity index (χ3n) is 7.11. The Balaban J connectivity index is 1.10. The number of carbonyl (C=O) groups excluding carboxylic acids is 2. The first kappa shape index (κ1) is 19.1. The molecule has 1 saturated heterocycles. The van der Waals surface area contributed by atoms with Crippen LogP contribution in [0.2, 0.25) is 0 Å². The number of rotatable bonds is 4. The van der Waals surface area contributed by atoms with Gasteiger partial charge in [-0.1, -0.05) is 0 Å². The summed E-state index contributed by atoms with van der Waals surface area (Å²) in [6.45, 7) is 5.97. The zero-order valence-electron chi connectivity index (χ0n) is 17.4. The minimum Gasteiger partial charge on any atom is -0.478 e. The molecule has 0 aromatic carbocycles. The second-order valence-electron chi connectivity index (χ2n) is 8.90. The molecule has 1 saturated carbocycles. The molecule has 1 aliphatic carbocycles. The number of aromatic nitrogens is 3. The SMILES string of the molecule is Cc1n[nH]c(C)c1C(=O)N1CCC2(CC1)CC2CNC(=O)C1Cc2ccncc2O1. The smallest absolute Gasteiger partial charge is 0.261 e. The number of piperidine rings is 1. The van der Waals surface area contributed by atoms with Crippen molar-refractivity contribution in [2.75, 3.05) is 19.6 Å². The van der Waals surface area contributed by atoms with Gasteiger partial charge in [0.25, 0.3) is 11.8 Å². The molecule has 1 spiro atoms. The number of ether oxygens (including phenoxy) is 1. The van der Waals surface area contributed by atoms with E-state index in [0.29, 0.717) is 30.2 Å². The number of nitrogens with one attached hydrogen (secondary N) is 2. The summed E-state index contributed by atoms with van der Waals surface area (Å²) in [7, 11) is 0. The van der Waals surface area contributed by atoms with Gasteiger partial charge in [0.1, 0.15) is 5.75 Å². The summed E-state index contributed by atoms with van der Waals surface area (Å²) in [5.41, 5.74) is 3.61. The predicted molar refractivity (Wildman–Crippen MR) is 109 cm³/mol. The van der Waals surface area contributed by atoms with Crippen LogP contribution in [0.4, 0.5) is 0 Å².